The van der Waals surface area contributed by atoms with Crippen molar-refractivity contribution in [2.45, 2.75) is 44.2 Å². The molecule has 1 aliphatic carbocycles. The highest BCUT2D eigenvalue weighted by atomic mass is 16.5. The van der Waals surface area contributed by atoms with Crippen molar-refractivity contribution in [1.29, 1.82) is 0 Å². The molecule has 1 saturated carbocycles. The summed E-state index contributed by atoms with van der Waals surface area (Å²) in [6.07, 6.45) is 4.69. The second kappa shape index (κ2) is 6.86. The third-order valence-electron chi connectivity index (χ3n) is 3.78. The average molecular weight is 277 g/mol. The summed E-state index contributed by atoms with van der Waals surface area (Å²) in [4.78, 5) is 12.2. The maximum atomic E-state index is 12.2. The molecule has 0 saturated heterocycles. The molecular formula is C16H23NO3. The van der Waals surface area contributed by atoms with Crippen molar-refractivity contribution in [2.24, 2.45) is 5.73 Å². The largest absolute Gasteiger partial charge is 0.464 e. The number of hydrogen-bond donors (Lipinski definition) is 1. The number of carbonyl (C=O) groups excluding carboxylic acids is 1. The van der Waals surface area contributed by atoms with E-state index in [4.69, 9.17) is 15.2 Å². The predicted molar refractivity (Wildman–Crippen MR) is 77.1 cm³/mol. The summed E-state index contributed by atoms with van der Waals surface area (Å²) in [7, 11) is 0. The second-order valence-electron chi connectivity index (χ2n) is 5.28. The van der Waals surface area contributed by atoms with E-state index in [9.17, 15) is 4.79 Å². The van der Waals surface area contributed by atoms with Gasteiger partial charge in [0.2, 0.25) is 0 Å². The number of esters is 1. The molecule has 1 aliphatic rings. The third-order valence-corrected chi connectivity index (χ3v) is 3.78. The van der Waals surface area contributed by atoms with Crippen molar-refractivity contribution in [2.75, 3.05) is 13.2 Å². The van der Waals surface area contributed by atoms with Crippen molar-refractivity contribution < 1.29 is 14.3 Å². The minimum atomic E-state index is -1.22. The molecule has 0 amide bonds. The number of benzene rings is 1. The molecule has 1 unspecified atom stereocenters. The Labute approximate surface area is 120 Å². The minimum absolute atomic E-state index is 0.167. The van der Waals surface area contributed by atoms with Crippen LogP contribution in [0.5, 0.6) is 0 Å². The SMILES string of the molecule is CCOC(=O)C(N)(COC1CCCC1)c1ccccc1. The molecule has 0 radical (unpaired) electrons. The fourth-order valence-electron chi connectivity index (χ4n) is 2.56. The molecule has 2 N–H and O–H groups in total. The van der Waals surface area contributed by atoms with Crippen molar-refractivity contribution in [3.8, 4) is 0 Å². The van der Waals surface area contributed by atoms with Gasteiger partial charge in [0.15, 0.2) is 5.54 Å². The molecule has 1 aromatic carbocycles. The van der Waals surface area contributed by atoms with E-state index >= 15 is 0 Å². The molecule has 2 rings (SSSR count). The maximum absolute atomic E-state index is 12.2. The zero-order valence-electron chi connectivity index (χ0n) is 12.0. The first-order valence-electron chi connectivity index (χ1n) is 7.30. The van der Waals surface area contributed by atoms with Crippen LogP contribution in [0.15, 0.2) is 30.3 Å². The van der Waals surface area contributed by atoms with Crippen LogP contribution in [0.3, 0.4) is 0 Å². The molecule has 4 nitrogen and oxygen atoms in total. The van der Waals surface area contributed by atoms with Gasteiger partial charge in [-0.15, -0.1) is 0 Å². The third kappa shape index (κ3) is 3.38. The van der Waals surface area contributed by atoms with Crippen molar-refractivity contribution in [3.05, 3.63) is 35.9 Å². The Morgan fingerprint density at radius 1 is 1.30 bits per heavy atom. The molecule has 1 fully saturated rings. The van der Waals surface area contributed by atoms with Crippen molar-refractivity contribution >= 4 is 5.97 Å². The Hall–Kier alpha value is -1.39. The standard InChI is InChI=1S/C16H23NO3/c1-2-19-15(18)16(17,13-8-4-3-5-9-13)12-20-14-10-6-7-11-14/h3-5,8-9,14H,2,6-7,10-12,17H2,1H3. The lowest BCUT2D eigenvalue weighted by Crippen LogP contribution is -2.50. The van der Waals surface area contributed by atoms with E-state index in [-0.39, 0.29) is 12.7 Å². The van der Waals surface area contributed by atoms with E-state index in [1.807, 2.05) is 30.3 Å². The van der Waals surface area contributed by atoms with Crippen molar-refractivity contribution in [1.82, 2.24) is 0 Å². The minimum Gasteiger partial charge on any atom is -0.464 e. The maximum Gasteiger partial charge on any atom is 0.333 e. The lowest BCUT2D eigenvalue weighted by Gasteiger charge is -2.28. The van der Waals surface area contributed by atoms with Crippen LogP contribution in [0, 0.1) is 0 Å². The Balaban J connectivity index is 2.12. The van der Waals surface area contributed by atoms with Crippen LogP contribution in [0.1, 0.15) is 38.2 Å². The normalized spacial score (nSPS) is 18.7. The first-order chi connectivity index (χ1) is 9.66. The van der Waals surface area contributed by atoms with Crippen LogP contribution in [-0.4, -0.2) is 25.3 Å². The highest BCUT2D eigenvalue weighted by Gasteiger charge is 2.39. The van der Waals surface area contributed by atoms with Gasteiger partial charge in [-0.2, -0.15) is 0 Å². The van der Waals surface area contributed by atoms with Crippen LogP contribution >= 0.6 is 0 Å². The highest BCUT2D eigenvalue weighted by molar-refractivity contribution is 5.82. The predicted octanol–water partition coefficient (Wildman–Crippen LogP) is 2.36. The summed E-state index contributed by atoms with van der Waals surface area (Å²) in [6, 6.07) is 9.31. The van der Waals surface area contributed by atoms with Gasteiger partial charge in [0.25, 0.3) is 0 Å². The van der Waals surface area contributed by atoms with Gasteiger partial charge in [0, 0.05) is 0 Å². The summed E-state index contributed by atoms with van der Waals surface area (Å²) in [5.41, 5.74) is 5.84. The highest BCUT2D eigenvalue weighted by Crippen LogP contribution is 2.26. The monoisotopic (exact) mass is 277 g/mol. The summed E-state index contributed by atoms with van der Waals surface area (Å²) in [6.45, 7) is 2.26. The summed E-state index contributed by atoms with van der Waals surface area (Å²) in [5.74, 6) is -0.427. The molecule has 1 atom stereocenters. The smallest absolute Gasteiger partial charge is 0.333 e. The molecular weight excluding hydrogens is 254 g/mol. The quantitative estimate of drug-likeness (QED) is 0.811. The topological polar surface area (TPSA) is 61.5 Å². The van der Waals surface area contributed by atoms with Gasteiger partial charge in [-0.3, -0.25) is 0 Å². The van der Waals surface area contributed by atoms with Gasteiger partial charge in [-0.25, -0.2) is 4.79 Å². The summed E-state index contributed by atoms with van der Waals surface area (Å²) >= 11 is 0. The van der Waals surface area contributed by atoms with Crippen LogP contribution < -0.4 is 5.73 Å². The zero-order valence-corrected chi connectivity index (χ0v) is 12.0. The summed E-state index contributed by atoms with van der Waals surface area (Å²) < 4.78 is 11.0. The fourth-order valence-corrected chi connectivity index (χ4v) is 2.56. The number of nitrogens with two attached hydrogens (primary N) is 1. The second-order valence-corrected chi connectivity index (χ2v) is 5.28. The van der Waals surface area contributed by atoms with Gasteiger partial charge < -0.3 is 15.2 Å². The molecule has 0 aromatic heterocycles. The lowest BCUT2D eigenvalue weighted by atomic mass is 9.92. The summed E-state index contributed by atoms with van der Waals surface area (Å²) in [5, 5.41) is 0. The molecule has 0 bridgehead atoms. The molecule has 110 valence electrons. The molecule has 4 heteroatoms. The van der Waals surface area contributed by atoms with E-state index in [1.165, 1.54) is 12.8 Å². The Morgan fingerprint density at radius 2 is 1.95 bits per heavy atom. The van der Waals surface area contributed by atoms with E-state index < -0.39 is 11.5 Å². The molecule has 20 heavy (non-hydrogen) atoms. The van der Waals surface area contributed by atoms with Crippen LogP contribution in [0.4, 0.5) is 0 Å². The lowest BCUT2D eigenvalue weighted by molar-refractivity contribution is -0.153. The van der Waals surface area contributed by atoms with Crippen LogP contribution in [-0.2, 0) is 19.8 Å². The Kier molecular flexibility index (Phi) is 5.15. The Morgan fingerprint density at radius 3 is 2.55 bits per heavy atom. The number of ether oxygens (including phenoxy) is 2. The van der Waals surface area contributed by atoms with E-state index in [1.54, 1.807) is 6.92 Å². The molecule has 0 spiro atoms. The van der Waals surface area contributed by atoms with E-state index in [0.29, 0.717) is 6.61 Å². The first-order valence-corrected chi connectivity index (χ1v) is 7.30. The zero-order chi connectivity index (χ0) is 14.4. The van der Waals surface area contributed by atoms with Gasteiger partial charge >= 0.3 is 5.97 Å². The first kappa shape index (κ1) is 15.0. The molecule has 0 aliphatic heterocycles. The molecule has 0 heterocycles. The van der Waals surface area contributed by atoms with E-state index in [2.05, 4.69) is 0 Å². The van der Waals surface area contributed by atoms with E-state index in [0.717, 1.165) is 18.4 Å². The Bertz CT molecular complexity index is 429. The number of hydrogen-bond acceptors (Lipinski definition) is 4. The van der Waals surface area contributed by atoms with Gasteiger partial charge in [0.1, 0.15) is 0 Å². The van der Waals surface area contributed by atoms with Crippen LogP contribution in [0.2, 0.25) is 0 Å². The fraction of sp³-hybridized carbons (Fsp3) is 0.562. The average Bonchev–Trinajstić information content (AvgIpc) is 2.99. The van der Waals surface area contributed by atoms with Crippen molar-refractivity contribution in [3.63, 3.8) is 0 Å². The number of rotatable bonds is 6. The number of carbonyl (C=O) groups is 1. The van der Waals surface area contributed by atoms with Gasteiger partial charge in [-0.05, 0) is 25.3 Å². The van der Waals surface area contributed by atoms with Crippen LogP contribution in [0.25, 0.3) is 0 Å². The molecule has 1 aromatic rings. The van der Waals surface area contributed by atoms with Gasteiger partial charge in [0.05, 0.1) is 19.3 Å². The van der Waals surface area contributed by atoms with Gasteiger partial charge in [-0.1, -0.05) is 43.2 Å².